The molecule has 0 aromatic heterocycles. The lowest BCUT2D eigenvalue weighted by atomic mass is 9.96. The molecule has 108 valence electrons. The van der Waals surface area contributed by atoms with Gasteiger partial charge in [0.15, 0.2) is 0 Å². The number of hydrogen-bond donors (Lipinski definition) is 1. The van der Waals surface area contributed by atoms with Crippen molar-refractivity contribution in [3.63, 3.8) is 0 Å². The Morgan fingerprint density at radius 2 is 2.15 bits per heavy atom. The van der Waals surface area contributed by atoms with Crippen LogP contribution < -0.4 is 10.5 Å². The number of halogens is 1. The van der Waals surface area contributed by atoms with E-state index in [1.807, 2.05) is 11.0 Å². The van der Waals surface area contributed by atoms with Gasteiger partial charge in [-0.1, -0.05) is 17.7 Å². The molecule has 1 heterocycles. The van der Waals surface area contributed by atoms with Gasteiger partial charge in [-0.15, -0.1) is 6.58 Å². The minimum Gasteiger partial charge on any atom is -0.496 e. The third-order valence-electron chi connectivity index (χ3n) is 3.71. The van der Waals surface area contributed by atoms with Gasteiger partial charge in [0.25, 0.3) is 5.91 Å². The van der Waals surface area contributed by atoms with E-state index in [4.69, 9.17) is 22.1 Å². The van der Waals surface area contributed by atoms with Crippen LogP contribution in [-0.2, 0) is 0 Å². The van der Waals surface area contributed by atoms with Gasteiger partial charge in [-0.05, 0) is 24.8 Å². The summed E-state index contributed by atoms with van der Waals surface area (Å²) in [4.78, 5) is 14.4. The monoisotopic (exact) mass is 294 g/mol. The first-order valence-corrected chi connectivity index (χ1v) is 6.99. The molecule has 1 amide bonds. The normalized spacial score (nSPS) is 16.0. The molecule has 2 rings (SSSR count). The smallest absolute Gasteiger partial charge is 0.257 e. The first kappa shape index (κ1) is 14.7. The van der Waals surface area contributed by atoms with E-state index < -0.39 is 0 Å². The van der Waals surface area contributed by atoms with Crippen LogP contribution in [0.2, 0.25) is 5.02 Å². The predicted molar refractivity (Wildman–Crippen MR) is 81.2 cm³/mol. The average Bonchev–Trinajstić information content (AvgIpc) is 2.49. The minimum atomic E-state index is -0.0636. The van der Waals surface area contributed by atoms with Crippen molar-refractivity contribution in [3.8, 4) is 5.75 Å². The molecule has 1 saturated heterocycles. The molecule has 0 spiro atoms. The van der Waals surface area contributed by atoms with Crippen molar-refractivity contribution in [2.45, 2.75) is 12.8 Å². The Kier molecular flexibility index (Phi) is 4.55. The van der Waals surface area contributed by atoms with Gasteiger partial charge >= 0.3 is 0 Å². The SMILES string of the molecule is C=CC1CCN(C(=O)c2cc(Cl)c(N)cc2OC)CC1. The van der Waals surface area contributed by atoms with Gasteiger partial charge in [0, 0.05) is 19.2 Å². The van der Waals surface area contributed by atoms with Crippen LogP contribution in [0.5, 0.6) is 5.75 Å². The summed E-state index contributed by atoms with van der Waals surface area (Å²) in [6.45, 7) is 5.25. The highest BCUT2D eigenvalue weighted by atomic mass is 35.5. The summed E-state index contributed by atoms with van der Waals surface area (Å²) >= 11 is 6.01. The number of amides is 1. The number of benzene rings is 1. The lowest BCUT2D eigenvalue weighted by Gasteiger charge is -2.31. The van der Waals surface area contributed by atoms with Crippen molar-refractivity contribution in [1.82, 2.24) is 4.90 Å². The van der Waals surface area contributed by atoms with E-state index in [1.54, 1.807) is 12.1 Å². The molecule has 2 N–H and O–H groups in total. The molecule has 0 unspecified atom stereocenters. The number of carbonyl (C=O) groups is 1. The second-order valence-electron chi connectivity index (χ2n) is 4.94. The van der Waals surface area contributed by atoms with Gasteiger partial charge in [-0.25, -0.2) is 0 Å². The Morgan fingerprint density at radius 3 is 2.70 bits per heavy atom. The first-order chi connectivity index (χ1) is 9.56. The summed E-state index contributed by atoms with van der Waals surface area (Å²) in [5.41, 5.74) is 6.60. The van der Waals surface area contributed by atoms with Crippen molar-refractivity contribution < 1.29 is 9.53 Å². The lowest BCUT2D eigenvalue weighted by Crippen LogP contribution is -2.38. The number of rotatable bonds is 3. The fourth-order valence-electron chi connectivity index (χ4n) is 2.41. The fourth-order valence-corrected chi connectivity index (χ4v) is 2.58. The molecule has 1 aromatic carbocycles. The zero-order valence-electron chi connectivity index (χ0n) is 11.6. The van der Waals surface area contributed by atoms with E-state index in [-0.39, 0.29) is 5.91 Å². The van der Waals surface area contributed by atoms with Crippen LogP contribution in [-0.4, -0.2) is 31.0 Å². The Bertz CT molecular complexity index is 523. The van der Waals surface area contributed by atoms with Crippen LogP contribution in [0.4, 0.5) is 5.69 Å². The number of carbonyl (C=O) groups excluding carboxylic acids is 1. The van der Waals surface area contributed by atoms with Crippen molar-refractivity contribution in [1.29, 1.82) is 0 Å². The third-order valence-corrected chi connectivity index (χ3v) is 4.04. The Hall–Kier alpha value is -1.68. The highest BCUT2D eigenvalue weighted by Gasteiger charge is 2.25. The van der Waals surface area contributed by atoms with Crippen LogP contribution in [0.15, 0.2) is 24.8 Å². The summed E-state index contributed by atoms with van der Waals surface area (Å²) < 4.78 is 5.23. The van der Waals surface area contributed by atoms with Gasteiger partial charge < -0.3 is 15.4 Å². The van der Waals surface area contributed by atoms with E-state index in [0.717, 1.165) is 25.9 Å². The standard InChI is InChI=1S/C15H19ClN2O2/c1-3-10-4-6-18(7-5-10)15(19)11-8-12(16)13(17)9-14(11)20-2/h3,8-10H,1,4-7,17H2,2H3. The van der Waals surface area contributed by atoms with Gasteiger partial charge in [-0.2, -0.15) is 0 Å². The zero-order valence-corrected chi connectivity index (χ0v) is 12.3. The molecule has 0 bridgehead atoms. The number of anilines is 1. The summed E-state index contributed by atoms with van der Waals surface area (Å²) in [5, 5.41) is 0.370. The van der Waals surface area contributed by atoms with Crippen molar-refractivity contribution in [2.24, 2.45) is 5.92 Å². The number of likely N-dealkylation sites (tertiary alicyclic amines) is 1. The molecular weight excluding hydrogens is 276 g/mol. The molecule has 0 saturated carbocycles. The second kappa shape index (κ2) is 6.18. The summed E-state index contributed by atoms with van der Waals surface area (Å²) in [5.74, 6) is 0.893. The Balaban J connectivity index is 2.21. The van der Waals surface area contributed by atoms with Gasteiger partial charge in [-0.3, -0.25) is 4.79 Å². The average molecular weight is 295 g/mol. The molecule has 20 heavy (non-hydrogen) atoms. The van der Waals surface area contributed by atoms with E-state index in [1.165, 1.54) is 7.11 Å². The van der Waals surface area contributed by atoms with Crippen LogP contribution in [0.25, 0.3) is 0 Å². The van der Waals surface area contributed by atoms with Crippen LogP contribution in [0.3, 0.4) is 0 Å². The van der Waals surface area contributed by atoms with Crippen molar-refractivity contribution in [2.75, 3.05) is 25.9 Å². The number of allylic oxidation sites excluding steroid dienone is 1. The predicted octanol–water partition coefficient (Wildman–Crippen LogP) is 2.97. The molecule has 5 heteroatoms. The largest absolute Gasteiger partial charge is 0.496 e. The van der Waals surface area contributed by atoms with Gasteiger partial charge in [0.05, 0.1) is 23.4 Å². The van der Waals surface area contributed by atoms with Crippen LogP contribution >= 0.6 is 11.6 Å². The molecule has 0 radical (unpaired) electrons. The maximum atomic E-state index is 12.6. The number of ether oxygens (including phenoxy) is 1. The fraction of sp³-hybridized carbons (Fsp3) is 0.400. The quantitative estimate of drug-likeness (QED) is 0.689. The molecule has 1 aliphatic heterocycles. The molecule has 1 fully saturated rings. The number of nitrogen functional groups attached to an aromatic ring is 1. The second-order valence-corrected chi connectivity index (χ2v) is 5.35. The van der Waals surface area contributed by atoms with E-state index in [2.05, 4.69) is 6.58 Å². The number of nitrogens with zero attached hydrogens (tertiary/aromatic N) is 1. The molecular formula is C15H19ClN2O2. The first-order valence-electron chi connectivity index (χ1n) is 6.61. The summed E-state index contributed by atoms with van der Waals surface area (Å²) in [6.07, 6.45) is 3.85. The highest BCUT2D eigenvalue weighted by Crippen LogP contribution is 2.30. The summed E-state index contributed by atoms with van der Waals surface area (Å²) in [7, 11) is 1.52. The van der Waals surface area contributed by atoms with Crippen LogP contribution in [0.1, 0.15) is 23.2 Å². The third kappa shape index (κ3) is 2.90. The number of piperidine rings is 1. The summed E-state index contributed by atoms with van der Waals surface area (Å²) in [6, 6.07) is 3.17. The minimum absolute atomic E-state index is 0.0636. The zero-order chi connectivity index (χ0) is 14.7. The number of methoxy groups -OCH3 is 1. The maximum Gasteiger partial charge on any atom is 0.257 e. The molecule has 1 aromatic rings. The van der Waals surface area contributed by atoms with Crippen LogP contribution in [0, 0.1) is 5.92 Å². The molecule has 1 aliphatic rings. The van der Waals surface area contributed by atoms with E-state index in [0.29, 0.717) is 27.9 Å². The topological polar surface area (TPSA) is 55.6 Å². The Morgan fingerprint density at radius 1 is 1.50 bits per heavy atom. The maximum absolute atomic E-state index is 12.6. The van der Waals surface area contributed by atoms with Gasteiger partial charge in [0.1, 0.15) is 5.75 Å². The highest BCUT2D eigenvalue weighted by molar-refractivity contribution is 6.33. The molecule has 0 atom stereocenters. The van der Waals surface area contributed by atoms with E-state index in [9.17, 15) is 4.79 Å². The molecule has 4 nitrogen and oxygen atoms in total. The van der Waals surface area contributed by atoms with Crippen molar-refractivity contribution >= 4 is 23.2 Å². The number of nitrogens with two attached hydrogens (primary N) is 1. The Labute approximate surface area is 124 Å². The van der Waals surface area contributed by atoms with Crippen molar-refractivity contribution in [3.05, 3.63) is 35.4 Å². The van der Waals surface area contributed by atoms with Gasteiger partial charge in [0.2, 0.25) is 0 Å². The molecule has 0 aliphatic carbocycles. The van der Waals surface area contributed by atoms with E-state index >= 15 is 0 Å². The number of hydrogen-bond acceptors (Lipinski definition) is 3. The lowest BCUT2D eigenvalue weighted by molar-refractivity contribution is 0.0702.